The molecular weight excluding hydrogens is 286 g/mol. The number of aliphatic carboxylic acids is 1. The van der Waals surface area contributed by atoms with Crippen molar-refractivity contribution in [2.75, 3.05) is 5.32 Å². The van der Waals surface area contributed by atoms with Crippen molar-refractivity contribution in [2.24, 2.45) is 5.92 Å². The summed E-state index contributed by atoms with van der Waals surface area (Å²) in [5.41, 5.74) is 0. The van der Waals surface area contributed by atoms with Crippen molar-refractivity contribution in [2.45, 2.75) is 45.1 Å². The molecule has 0 aliphatic heterocycles. The fraction of sp³-hybridized carbons (Fsp3) is 0.533. The van der Waals surface area contributed by atoms with Gasteiger partial charge in [-0.15, -0.1) is 11.3 Å². The molecule has 2 aromatic rings. The summed E-state index contributed by atoms with van der Waals surface area (Å²) in [6, 6.07) is 2.47. The number of nitrogens with zero attached hydrogens (tertiary/aromatic N) is 2. The van der Waals surface area contributed by atoms with Gasteiger partial charge in [-0.25, -0.2) is 9.97 Å². The first kappa shape index (κ1) is 14.3. The van der Waals surface area contributed by atoms with Gasteiger partial charge >= 0.3 is 5.97 Å². The molecule has 0 radical (unpaired) electrons. The van der Waals surface area contributed by atoms with Crippen LogP contribution in [-0.2, 0) is 11.2 Å². The van der Waals surface area contributed by atoms with Gasteiger partial charge in [0.25, 0.3) is 0 Å². The lowest BCUT2D eigenvalue weighted by atomic mass is 9.86. The van der Waals surface area contributed by atoms with Crippen LogP contribution in [0.1, 0.15) is 37.5 Å². The standard InChI is InChI=1S/C15H19N3O2S/c1-2-11-7-12-13(16-8-17-14(12)21-11)18-10-5-3-9(4-6-10)15(19)20/h7-10H,2-6H2,1H3,(H,19,20)(H,16,17,18). The molecule has 0 spiro atoms. The minimum atomic E-state index is -0.664. The molecule has 1 saturated carbocycles. The molecule has 1 fully saturated rings. The molecule has 0 atom stereocenters. The Bertz CT molecular complexity index is 647. The van der Waals surface area contributed by atoms with Crippen molar-refractivity contribution >= 4 is 33.3 Å². The van der Waals surface area contributed by atoms with Gasteiger partial charge in [-0.1, -0.05) is 6.92 Å². The average molecular weight is 305 g/mol. The summed E-state index contributed by atoms with van der Waals surface area (Å²) in [7, 11) is 0. The van der Waals surface area contributed by atoms with Crippen molar-refractivity contribution in [1.29, 1.82) is 0 Å². The summed E-state index contributed by atoms with van der Waals surface area (Å²) in [5, 5.41) is 13.6. The molecule has 112 valence electrons. The van der Waals surface area contributed by atoms with E-state index in [0.29, 0.717) is 6.04 Å². The van der Waals surface area contributed by atoms with Crippen LogP contribution in [0.25, 0.3) is 10.2 Å². The predicted molar refractivity (Wildman–Crippen MR) is 83.8 cm³/mol. The molecule has 2 N–H and O–H groups in total. The van der Waals surface area contributed by atoms with Gasteiger partial charge in [0.15, 0.2) is 0 Å². The van der Waals surface area contributed by atoms with Crippen LogP contribution >= 0.6 is 11.3 Å². The Morgan fingerprint density at radius 2 is 2.14 bits per heavy atom. The highest BCUT2D eigenvalue weighted by molar-refractivity contribution is 7.18. The molecule has 3 rings (SSSR count). The third-order valence-electron chi connectivity index (χ3n) is 4.15. The van der Waals surface area contributed by atoms with Gasteiger partial charge in [-0.05, 0) is 38.2 Å². The van der Waals surface area contributed by atoms with E-state index in [4.69, 9.17) is 5.11 Å². The van der Waals surface area contributed by atoms with E-state index < -0.39 is 5.97 Å². The Morgan fingerprint density at radius 3 is 2.81 bits per heavy atom. The van der Waals surface area contributed by atoms with Crippen molar-refractivity contribution in [3.63, 3.8) is 0 Å². The van der Waals surface area contributed by atoms with Crippen molar-refractivity contribution < 1.29 is 9.90 Å². The van der Waals surface area contributed by atoms with Crippen LogP contribution in [0.15, 0.2) is 12.4 Å². The Kier molecular flexibility index (Phi) is 4.05. The number of hydrogen-bond acceptors (Lipinski definition) is 5. The summed E-state index contributed by atoms with van der Waals surface area (Å²) in [6.45, 7) is 2.14. The molecule has 0 saturated heterocycles. The molecule has 0 bridgehead atoms. The zero-order chi connectivity index (χ0) is 14.8. The number of nitrogens with one attached hydrogen (secondary N) is 1. The zero-order valence-electron chi connectivity index (χ0n) is 12.0. The highest BCUT2D eigenvalue weighted by Gasteiger charge is 2.26. The van der Waals surface area contributed by atoms with E-state index in [1.165, 1.54) is 4.88 Å². The summed E-state index contributed by atoms with van der Waals surface area (Å²) < 4.78 is 0. The lowest BCUT2D eigenvalue weighted by molar-refractivity contribution is -0.142. The fourth-order valence-corrected chi connectivity index (χ4v) is 3.81. The fourth-order valence-electron chi connectivity index (χ4n) is 2.87. The van der Waals surface area contributed by atoms with Crippen LogP contribution in [-0.4, -0.2) is 27.1 Å². The van der Waals surface area contributed by atoms with Crippen LogP contribution < -0.4 is 5.32 Å². The van der Waals surface area contributed by atoms with E-state index in [-0.39, 0.29) is 5.92 Å². The number of rotatable bonds is 4. The number of thiophene rings is 1. The minimum absolute atomic E-state index is 0.179. The number of carboxylic acids is 1. The monoisotopic (exact) mass is 305 g/mol. The van der Waals surface area contributed by atoms with Gasteiger partial charge in [-0.3, -0.25) is 4.79 Å². The number of fused-ring (bicyclic) bond motifs is 1. The molecule has 2 heterocycles. The molecule has 21 heavy (non-hydrogen) atoms. The summed E-state index contributed by atoms with van der Waals surface area (Å²) in [5.74, 6) is 0.0410. The zero-order valence-corrected chi connectivity index (χ0v) is 12.8. The molecule has 0 amide bonds. The minimum Gasteiger partial charge on any atom is -0.481 e. The first-order valence-corrected chi connectivity index (χ1v) is 8.21. The molecule has 6 heteroatoms. The van der Waals surface area contributed by atoms with Crippen LogP contribution in [0.5, 0.6) is 0 Å². The third kappa shape index (κ3) is 3.00. The van der Waals surface area contributed by atoms with E-state index in [1.54, 1.807) is 17.7 Å². The molecule has 5 nitrogen and oxygen atoms in total. The molecule has 0 unspecified atom stereocenters. The second kappa shape index (κ2) is 5.97. The highest BCUT2D eigenvalue weighted by atomic mass is 32.1. The Morgan fingerprint density at radius 1 is 1.38 bits per heavy atom. The van der Waals surface area contributed by atoms with Crippen molar-refractivity contribution in [3.05, 3.63) is 17.3 Å². The number of carboxylic acid groups (broad SMARTS) is 1. The SMILES string of the molecule is CCc1cc2c(NC3CCC(C(=O)O)CC3)ncnc2s1. The number of hydrogen-bond donors (Lipinski definition) is 2. The van der Waals surface area contributed by atoms with Crippen LogP contribution in [0, 0.1) is 5.92 Å². The molecule has 0 aromatic carbocycles. The Balaban J connectivity index is 1.73. The predicted octanol–water partition coefficient (Wildman–Crippen LogP) is 3.31. The van der Waals surface area contributed by atoms with E-state index >= 15 is 0 Å². The maximum Gasteiger partial charge on any atom is 0.306 e. The first-order chi connectivity index (χ1) is 10.2. The van der Waals surface area contributed by atoms with Gasteiger partial charge < -0.3 is 10.4 Å². The quantitative estimate of drug-likeness (QED) is 0.906. The van der Waals surface area contributed by atoms with Crippen LogP contribution in [0.4, 0.5) is 5.82 Å². The van der Waals surface area contributed by atoms with Crippen LogP contribution in [0.2, 0.25) is 0 Å². The molecule has 1 aliphatic carbocycles. The number of aryl methyl sites for hydroxylation is 1. The van der Waals surface area contributed by atoms with Gasteiger partial charge in [0.2, 0.25) is 0 Å². The number of aromatic nitrogens is 2. The second-order valence-corrected chi connectivity index (χ2v) is 6.65. The third-order valence-corrected chi connectivity index (χ3v) is 5.33. The lowest BCUT2D eigenvalue weighted by Gasteiger charge is -2.27. The van der Waals surface area contributed by atoms with Gasteiger partial charge in [0.05, 0.1) is 11.3 Å². The molecule has 2 aromatic heterocycles. The maximum absolute atomic E-state index is 11.0. The Labute approximate surface area is 127 Å². The van der Waals surface area contributed by atoms with Crippen LogP contribution in [0.3, 0.4) is 0 Å². The van der Waals surface area contributed by atoms with E-state index in [0.717, 1.165) is 48.1 Å². The van der Waals surface area contributed by atoms with E-state index in [1.807, 2.05) is 0 Å². The van der Waals surface area contributed by atoms with Gasteiger partial charge in [-0.2, -0.15) is 0 Å². The normalized spacial score (nSPS) is 22.3. The first-order valence-electron chi connectivity index (χ1n) is 7.40. The smallest absolute Gasteiger partial charge is 0.306 e. The maximum atomic E-state index is 11.0. The van der Waals surface area contributed by atoms with Gasteiger partial charge in [0, 0.05) is 10.9 Å². The Hall–Kier alpha value is -1.69. The van der Waals surface area contributed by atoms with E-state index in [2.05, 4.69) is 28.3 Å². The van der Waals surface area contributed by atoms with Crippen molar-refractivity contribution in [3.8, 4) is 0 Å². The topological polar surface area (TPSA) is 75.1 Å². The summed E-state index contributed by atoms with van der Waals surface area (Å²) >= 11 is 1.71. The highest BCUT2D eigenvalue weighted by Crippen LogP contribution is 2.31. The molecule has 1 aliphatic rings. The lowest BCUT2D eigenvalue weighted by Crippen LogP contribution is -2.29. The largest absolute Gasteiger partial charge is 0.481 e. The number of anilines is 1. The second-order valence-electron chi connectivity index (χ2n) is 5.54. The average Bonchev–Trinajstić information content (AvgIpc) is 2.92. The van der Waals surface area contributed by atoms with Crippen molar-refractivity contribution in [1.82, 2.24) is 9.97 Å². The molecular formula is C15H19N3O2S. The van der Waals surface area contributed by atoms with E-state index in [9.17, 15) is 4.79 Å². The number of carbonyl (C=O) groups is 1. The summed E-state index contributed by atoms with van der Waals surface area (Å²) in [4.78, 5) is 22.0. The summed E-state index contributed by atoms with van der Waals surface area (Å²) in [6.07, 6.45) is 5.85. The van der Waals surface area contributed by atoms with Gasteiger partial charge in [0.1, 0.15) is 17.0 Å².